The number of hydrogen-bond acceptors (Lipinski definition) is 17. The molecule has 11 rings (SSSR count). The van der Waals surface area contributed by atoms with Crippen molar-refractivity contribution in [2.24, 2.45) is 11.5 Å². The normalized spacial score (nSPS) is 16.1. The molecular formula is C57H56Cl2K2N12O9S. The Balaban J connectivity index is 0.000000271. The Morgan fingerprint density at radius 2 is 1.10 bits per heavy atom. The average molecular weight is 1230 g/mol. The molecule has 26 heteroatoms. The SMILES string of the molecule is NC1CC(Nc2ncc(Cl)c(-c3c[nH]c4ccccc34)n2)CN(C(=O)OCc2ccccc2)C1.NC1CC(Nc2ncc(Cl)c(-c3cn(-c4ccccc4)c4ccccc34)n2)CN(C(=O)OCc2ccccc2)C1.O=CO[O-].O=S=O.[H-].[K+].[K+]. The van der Waals surface area contributed by atoms with E-state index in [2.05, 4.69) is 70.5 Å². The summed E-state index contributed by atoms with van der Waals surface area (Å²) in [4.78, 5) is 61.5. The number of nitrogens with zero attached hydrogens (tertiary/aromatic N) is 7. The Hall–Kier alpha value is -5.50. The van der Waals surface area contributed by atoms with Crippen LogP contribution in [-0.2, 0) is 43.9 Å². The average Bonchev–Trinajstić information content (AvgIpc) is 4.32. The predicted octanol–water partition coefficient (Wildman–Crippen LogP) is 2.20. The molecule has 2 aliphatic rings. The van der Waals surface area contributed by atoms with Crippen LogP contribution in [0.3, 0.4) is 0 Å². The van der Waals surface area contributed by atoms with Gasteiger partial charge >= 0.3 is 127 Å². The van der Waals surface area contributed by atoms with Gasteiger partial charge in [-0.05, 0) is 48.2 Å². The topological polar surface area (TPSA) is 291 Å². The number of amides is 2. The first-order valence-electron chi connectivity index (χ1n) is 25.3. The van der Waals surface area contributed by atoms with Gasteiger partial charge in [0.15, 0.2) is 0 Å². The van der Waals surface area contributed by atoms with Crippen LogP contribution in [0.5, 0.6) is 0 Å². The first kappa shape index (κ1) is 66.6. The summed E-state index contributed by atoms with van der Waals surface area (Å²) in [5.41, 5.74) is 20.6. The van der Waals surface area contributed by atoms with E-state index in [-0.39, 0.29) is 154 Å². The molecule has 5 aromatic carbocycles. The molecule has 0 aliphatic carbocycles. The molecule has 7 N–H and O–H groups in total. The van der Waals surface area contributed by atoms with Gasteiger partial charge in [0.05, 0.1) is 39.3 Å². The number of anilines is 2. The van der Waals surface area contributed by atoms with Crippen molar-refractivity contribution in [2.75, 3.05) is 36.8 Å². The maximum absolute atomic E-state index is 12.8. The molecule has 4 aromatic heterocycles. The van der Waals surface area contributed by atoms with Crippen molar-refractivity contribution in [2.45, 2.75) is 50.2 Å². The van der Waals surface area contributed by atoms with Gasteiger partial charge in [-0.1, -0.05) is 138 Å². The third-order valence-electron chi connectivity index (χ3n) is 12.9. The number of carbonyl (C=O) groups is 3. The maximum atomic E-state index is 12.8. The van der Waals surface area contributed by atoms with Crippen LogP contribution < -0.4 is 130 Å². The number of para-hydroxylation sites is 3. The van der Waals surface area contributed by atoms with Crippen LogP contribution >= 0.6 is 23.2 Å². The van der Waals surface area contributed by atoms with Crippen molar-refractivity contribution in [3.05, 3.63) is 185 Å². The van der Waals surface area contributed by atoms with Crippen molar-refractivity contribution in [1.29, 1.82) is 0 Å². The zero-order chi connectivity index (χ0) is 57.1. The number of aromatic amines is 1. The number of halogens is 2. The molecule has 2 saturated heterocycles. The van der Waals surface area contributed by atoms with Crippen LogP contribution in [-0.4, -0.2) is 117 Å². The Kier molecular flexibility index (Phi) is 27.2. The van der Waals surface area contributed by atoms with E-state index in [1.807, 2.05) is 121 Å². The molecule has 0 radical (unpaired) electrons. The molecule has 6 heterocycles. The van der Waals surface area contributed by atoms with Gasteiger partial charge in [-0.25, -0.2) is 29.5 Å². The number of likely N-dealkylation sites (tertiary alicyclic amines) is 2. The molecule has 420 valence electrons. The zero-order valence-corrected chi connectivity index (χ0v) is 53.8. The van der Waals surface area contributed by atoms with Gasteiger partial charge in [-0.3, -0.25) is 4.79 Å². The first-order valence-corrected chi connectivity index (χ1v) is 26.7. The van der Waals surface area contributed by atoms with Crippen molar-refractivity contribution in [3.8, 4) is 28.2 Å². The van der Waals surface area contributed by atoms with E-state index in [0.29, 0.717) is 72.4 Å². The van der Waals surface area contributed by atoms with Crippen molar-refractivity contribution >= 4 is 87.1 Å². The number of ether oxygens (including phenoxy) is 2. The van der Waals surface area contributed by atoms with Crippen molar-refractivity contribution < 1.29 is 147 Å². The molecule has 9 aromatic rings. The smallest absolute Gasteiger partial charge is 1.00 e. The Morgan fingerprint density at radius 1 is 0.663 bits per heavy atom. The minimum Gasteiger partial charge on any atom is -1.00 e. The number of benzene rings is 5. The summed E-state index contributed by atoms with van der Waals surface area (Å²) >= 11 is 12.3. The molecular weight excluding hydrogens is 1180 g/mol. The van der Waals surface area contributed by atoms with Crippen LogP contribution in [0.2, 0.25) is 10.0 Å². The molecule has 0 spiro atoms. The number of fused-ring (bicyclic) bond motifs is 2. The van der Waals surface area contributed by atoms with Crippen molar-refractivity contribution in [3.63, 3.8) is 0 Å². The van der Waals surface area contributed by atoms with E-state index >= 15 is 0 Å². The fourth-order valence-corrected chi connectivity index (χ4v) is 9.84. The number of nitrogens with two attached hydrogens (primary N) is 2. The quantitative estimate of drug-likeness (QED) is 0.0507. The Morgan fingerprint density at radius 3 is 1.59 bits per heavy atom. The van der Waals surface area contributed by atoms with Gasteiger partial charge in [0, 0.05) is 95.8 Å². The standard InChI is InChI=1S/C31H29ClN6O2.C25H25ClN6O2.CH2O3.2K.O2S.H/c32-27-16-34-30(35-23-15-22(33)17-37(18-23)31(39)40-20-21-9-3-1-4-10-21)36-29(27)26-19-38(24-11-5-2-6-12-24)28-14-8-7-13-25(26)28;26-21-12-29-24(31-23(21)20-11-28-22-9-5-4-8-19(20)22)30-18-10-17(27)13-32(14-18)25(33)34-15-16-6-2-1-3-7-16;2-1-4-3;;;1-3-2;/h1-14,16,19,22-23H,15,17-18,20,33H2,(H,34,35,36);1-9,11-12,17-18,28H,10,13-15,27H2,(H,29,30,31);1,3H;;;;/q;;;2*+1;;-1/p-1. The number of H-pyrrole nitrogens is 1. The molecule has 21 nitrogen and oxygen atoms in total. The van der Waals surface area contributed by atoms with Crippen LogP contribution in [0.4, 0.5) is 21.5 Å². The minimum absolute atomic E-state index is 0. The molecule has 83 heavy (non-hydrogen) atoms. The van der Waals surface area contributed by atoms with Gasteiger partial charge in [0.2, 0.25) is 11.9 Å². The van der Waals surface area contributed by atoms with Gasteiger partial charge in [0.1, 0.15) is 13.2 Å². The van der Waals surface area contributed by atoms with E-state index in [4.69, 9.17) is 67.6 Å². The summed E-state index contributed by atoms with van der Waals surface area (Å²) in [5.74, 6) is 0.856. The summed E-state index contributed by atoms with van der Waals surface area (Å²) in [6, 6.07) is 44.8. The van der Waals surface area contributed by atoms with Gasteiger partial charge in [-0.2, -0.15) is 8.42 Å². The van der Waals surface area contributed by atoms with Crippen LogP contribution in [0, 0.1) is 0 Å². The second kappa shape index (κ2) is 33.9. The summed E-state index contributed by atoms with van der Waals surface area (Å²) < 4.78 is 29.7. The monoisotopic (exact) mass is 1230 g/mol. The van der Waals surface area contributed by atoms with E-state index < -0.39 is 17.7 Å². The summed E-state index contributed by atoms with van der Waals surface area (Å²) in [6.45, 7) is 1.98. The van der Waals surface area contributed by atoms with Gasteiger partial charge < -0.3 is 62.5 Å². The van der Waals surface area contributed by atoms with E-state index in [1.165, 1.54) is 0 Å². The van der Waals surface area contributed by atoms with E-state index in [1.54, 1.807) is 22.2 Å². The molecule has 2 aliphatic heterocycles. The van der Waals surface area contributed by atoms with Gasteiger partial charge in [-0.15, -0.1) is 0 Å². The zero-order valence-electron chi connectivity index (χ0n) is 46.3. The Bertz CT molecular complexity index is 3580. The summed E-state index contributed by atoms with van der Waals surface area (Å²) in [6.07, 6.45) is 7.70. The third-order valence-corrected chi connectivity index (χ3v) is 13.5. The molecule has 0 bridgehead atoms. The Labute approximate surface area is 578 Å². The largest absolute Gasteiger partial charge is 1.00 e. The molecule has 2 amide bonds. The minimum atomic E-state index is -0.750. The number of piperidine rings is 2. The number of hydrogen-bond donors (Lipinski definition) is 5. The summed E-state index contributed by atoms with van der Waals surface area (Å²) in [7, 11) is 0. The fraction of sp³-hybridized carbons (Fsp3) is 0.211. The number of nitrogens with one attached hydrogen (secondary N) is 3. The first-order chi connectivity index (χ1) is 39.4. The fourth-order valence-electron chi connectivity index (χ4n) is 9.46. The molecule has 4 unspecified atom stereocenters. The van der Waals surface area contributed by atoms with E-state index in [0.717, 1.165) is 49.7 Å². The third kappa shape index (κ3) is 18.7. The van der Waals surface area contributed by atoms with Crippen LogP contribution in [0.25, 0.3) is 50.0 Å². The number of carbonyl (C=O) groups excluding carboxylic acids is 3. The molecule has 4 atom stereocenters. The van der Waals surface area contributed by atoms with Crippen molar-refractivity contribution in [1.82, 2.24) is 39.3 Å². The van der Waals surface area contributed by atoms with Gasteiger partial charge in [0.25, 0.3) is 6.47 Å². The maximum Gasteiger partial charge on any atom is 1.00 e. The summed E-state index contributed by atoms with van der Waals surface area (Å²) in [5, 5.41) is 18.1. The number of aromatic nitrogens is 6. The second-order valence-electron chi connectivity index (χ2n) is 18.6. The van der Waals surface area contributed by atoms with Crippen LogP contribution in [0.1, 0.15) is 25.4 Å². The second-order valence-corrected chi connectivity index (χ2v) is 19.6. The predicted molar refractivity (Wildman–Crippen MR) is 307 cm³/mol. The number of rotatable bonds is 12. The van der Waals surface area contributed by atoms with E-state index in [9.17, 15) is 9.59 Å². The molecule has 0 saturated carbocycles. The molecule has 2 fully saturated rings. The van der Waals surface area contributed by atoms with Crippen LogP contribution in [0.15, 0.2) is 164 Å².